The number of ether oxygens (including phenoxy) is 1. The van der Waals surface area contributed by atoms with Crippen molar-refractivity contribution < 1.29 is 9.15 Å². The fraction of sp³-hybridized carbons (Fsp3) is 0.200. The maximum atomic E-state index is 5.51. The van der Waals surface area contributed by atoms with E-state index in [-0.39, 0.29) is 0 Å². The second-order valence-electron chi connectivity index (χ2n) is 7.78. The molecule has 0 fully saturated rings. The summed E-state index contributed by atoms with van der Waals surface area (Å²) in [7, 11) is 1.68. The second-order valence-corrected chi connectivity index (χ2v) is 7.78. The van der Waals surface area contributed by atoms with Gasteiger partial charge in [-0.25, -0.2) is 4.98 Å². The molecule has 0 aliphatic heterocycles. The van der Waals surface area contributed by atoms with Gasteiger partial charge in [0.15, 0.2) is 0 Å². The van der Waals surface area contributed by atoms with E-state index >= 15 is 0 Å². The fourth-order valence-corrected chi connectivity index (χ4v) is 3.98. The van der Waals surface area contributed by atoms with E-state index in [1.165, 1.54) is 6.39 Å². The van der Waals surface area contributed by atoms with Crippen molar-refractivity contribution in [1.82, 2.24) is 24.7 Å². The van der Waals surface area contributed by atoms with Gasteiger partial charge in [0.2, 0.25) is 6.39 Å². The predicted octanol–water partition coefficient (Wildman–Crippen LogP) is 4.97. The Hall–Kier alpha value is -4.20. The molecule has 0 aliphatic carbocycles. The number of benzene rings is 2. The van der Waals surface area contributed by atoms with Crippen LogP contribution in [-0.4, -0.2) is 38.4 Å². The average Bonchev–Trinajstić information content (AvgIpc) is 3.56. The molecule has 0 amide bonds. The summed E-state index contributed by atoms with van der Waals surface area (Å²) < 4.78 is 12.9. The first-order valence-electron chi connectivity index (χ1n) is 10.8. The number of aromatic nitrogens is 5. The number of nitrogens with zero attached hydrogens (tertiary/aromatic N) is 5. The molecule has 0 saturated carbocycles. The van der Waals surface area contributed by atoms with Gasteiger partial charge in [-0.05, 0) is 54.3 Å². The summed E-state index contributed by atoms with van der Waals surface area (Å²) in [6.45, 7) is 3.73. The van der Waals surface area contributed by atoms with Crippen LogP contribution in [0.25, 0.3) is 33.5 Å². The predicted molar refractivity (Wildman–Crippen MR) is 127 cm³/mol. The van der Waals surface area contributed by atoms with Crippen LogP contribution >= 0.6 is 0 Å². The van der Waals surface area contributed by atoms with E-state index in [0.717, 1.165) is 64.1 Å². The lowest BCUT2D eigenvalue weighted by atomic mass is 9.97. The minimum atomic E-state index is 0.438. The van der Waals surface area contributed by atoms with Gasteiger partial charge in [-0.2, -0.15) is 0 Å². The first kappa shape index (κ1) is 20.7. The van der Waals surface area contributed by atoms with Crippen molar-refractivity contribution in [2.75, 3.05) is 19.0 Å². The first-order chi connectivity index (χ1) is 16.2. The Kier molecular flexibility index (Phi) is 5.72. The van der Waals surface area contributed by atoms with E-state index in [1.807, 2.05) is 30.7 Å². The Labute approximate surface area is 191 Å². The molecular weight excluding hydrogens is 416 g/mol. The van der Waals surface area contributed by atoms with Gasteiger partial charge >= 0.3 is 0 Å². The lowest BCUT2D eigenvalue weighted by molar-refractivity contribution is 0.414. The summed E-state index contributed by atoms with van der Waals surface area (Å²) in [6, 6.07) is 12.4. The van der Waals surface area contributed by atoms with Gasteiger partial charge in [-0.1, -0.05) is 12.1 Å². The van der Waals surface area contributed by atoms with Crippen molar-refractivity contribution in [3.05, 3.63) is 73.3 Å². The molecule has 5 aromatic rings. The molecule has 0 atom stereocenters. The number of anilines is 1. The molecule has 0 spiro atoms. The van der Waals surface area contributed by atoms with E-state index in [9.17, 15) is 0 Å². The number of fused-ring (bicyclic) bond motifs is 1. The molecular formula is C25H24N6O2. The smallest absolute Gasteiger partial charge is 0.251 e. The lowest BCUT2D eigenvalue weighted by Gasteiger charge is -2.15. The van der Waals surface area contributed by atoms with Crippen molar-refractivity contribution in [3.8, 4) is 28.3 Å². The van der Waals surface area contributed by atoms with E-state index in [1.54, 1.807) is 19.5 Å². The Bertz CT molecular complexity index is 1360. The highest BCUT2D eigenvalue weighted by molar-refractivity contribution is 6.00. The Morgan fingerprint density at radius 2 is 2.06 bits per heavy atom. The number of hydrogen-bond acceptors (Lipinski definition) is 7. The molecule has 3 aromatic heterocycles. The second kappa shape index (κ2) is 9.12. The van der Waals surface area contributed by atoms with Crippen LogP contribution in [0.2, 0.25) is 0 Å². The molecule has 0 saturated heterocycles. The molecule has 166 valence electrons. The Morgan fingerprint density at radius 1 is 1.12 bits per heavy atom. The van der Waals surface area contributed by atoms with Crippen LogP contribution in [0.5, 0.6) is 5.75 Å². The van der Waals surface area contributed by atoms with Crippen molar-refractivity contribution in [1.29, 1.82) is 0 Å². The minimum Gasteiger partial charge on any atom is -0.497 e. The summed E-state index contributed by atoms with van der Waals surface area (Å²) in [5, 5.41) is 12.6. The molecule has 2 aromatic carbocycles. The summed E-state index contributed by atoms with van der Waals surface area (Å²) in [5.74, 6) is 1.28. The quantitative estimate of drug-likeness (QED) is 0.341. The van der Waals surface area contributed by atoms with Gasteiger partial charge < -0.3 is 19.0 Å². The topological polar surface area (TPSA) is 90.9 Å². The van der Waals surface area contributed by atoms with Gasteiger partial charge in [0, 0.05) is 37.1 Å². The lowest BCUT2D eigenvalue weighted by Crippen LogP contribution is -2.07. The Morgan fingerprint density at radius 3 is 2.82 bits per heavy atom. The third-order valence-electron chi connectivity index (χ3n) is 5.66. The standard InChI is InChI=1S/C25H24N6O2/c1-17-12-19(32-2)5-6-20(17)18-4-7-23-21(13-18)24(22(14-28-23)25-30-29-16-33-25)27-8-3-10-31-11-9-26-15-31/h4-7,9,11-16H,3,8,10H2,1-2H3,(H,27,28). The van der Waals surface area contributed by atoms with Crippen molar-refractivity contribution in [2.24, 2.45) is 0 Å². The number of methoxy groups -OCH3 is 1. The molecule has 0 radical (unpaired) electrons. The Balaban J connectivity index is 1.53. The number of aryl methyl sites for hydroxylation is 2. The first-order valence-corrected chi connectivity index (χ1v) is 10.8. The number of pyridine rings is 1. The highest BCUT2D eigenvalue weighted by Crippen LogP contribution is 2.36. The molecule has 3 heterocycles. The van der Waals surface area contributed by atoms with E-state index in [2.05, 4.69) is 55.2 Å². The zero-order valence-corrected chi connectivity index (χ0v) is 18.5. The largest absolute Gasteiger partial charge is 0.497 e. The summed E-state index contributed by atoms with van der Waals surface area (Å²) >= 11 is 0. The molecule has 33 heavy (non-hydrogen) atoms. The molecule has 8 nitrogen and oxygen atoms in total. The van der Waals surface area contributed by atoms with Crippen molar-refractivity contribution >= 4 is 16.6 Å². The number of hydrogen-bond donors (Lipinski definition) is 1. The van der Waals surface area contributed by atoms with Gasteiger partial charge in [0.1, 0.15) is 5.75 Å². The average molecular weight is 441 g/mol. The van der Waals surface area contributed by atoms with Crippen LogP contribution < -0.4 is 10.1 Å². The van der Waals surface area contributed by atoms with Crippen molar-refractivity contribution in [3.63, 3.8) is 0 Å². The summed E-state index contributed by atoms with van der Waals surface area (Å²) in [4.78, 5) is 8.75. The summed E-state index contributed by atoms with van der Waals surface area (Å²) in [5.41, 5.74) is 6.00. The van der Waals surface area contributed by atoms with Crippen LogP contribution in [0.3, 0.4) is 0 Å². The molecule has 0 aliphatic rings. The van der Waals surface area contributed by atoms with Crippen LogP contribution in [0.15, 0.2) is 72.1 Å². The molecule has 1 N–H and O–H groups in total. The molecule has 0 unspecified atom stereocenters. The fourth-order valence-electron chi connectivity index (χ4n) is 3.98. The van der Waals surface area contributed by atoms with E-state index in [0.29, 0.717) is 5.89 Å². The molecule has 5 rings (SSSR count). The van der Waals surface area contributed by atoms with Crippen LogP contribution in [-0.2, 0) is 6.54 Å². The van der Waals surface area contributed by atoms with E-state index < -0.39 is 0 Å². The van der Waals surface area contributed by atoms with Crippen LogP contribution in [0, 0.1) is 6.92 Å². The maximum absolute atomic E-state index is 5.51. The SMILES string of the molecule is COc1ccc(-c2ccc3ncc(-c4nnco4)c(NCCCn4ccnc4)c3c2)c(C)c1. The highest BCUT2D eigenvalue weighted by atomic mass is 16.5. The van der Waals surface area contributed by atoms with Gasteiger partial charge in [-0.15, -0.1) is 10.2 Å². The third kappa shape index (κ3) is 4.27. The molecule has 0 bridgehead atoms. The van der Waals surface area contributed by atoms with Crippen LogP contribution in [0.1, 0.15) is 12.0 Å². The zero-order valence-electron chi connectivity index (χ0n) is 18.5. The van der Waals surface area contributed by atoms with Gasteiger partial charge in [-0.3, -0.25) is 4.98 Å². The normalized spacial score (nSPS) is 11.1. The minimum absolute atomic E-state index is 0.438. The van der Waals surface area contributed by atoms with E-state index in [4.69, 9.17) is 9.15 Å². The number of nitrogens with one attached hydrogen (secondary N) is 1. The highest BCUT2D eigenvalue weighted by Gasteiger charge is 2.16. The van der Waals surface area contributed by atoms with Gasteiger partial charge in [0.25, 0.3) is 5.89 Å². The van der Waals surface area contributed by atoms with Crippen LogP contribution in [0.4, 0.5) is 5.69 Å². The van der Waals surface area contributed by atoms with Crippen molar-refractivity contribution in [2.45, 2.75) is 19.9 Å². The number of imidazole rings is 1. The maximum Gasteiger partial charge on any atom is 0.251 e. The zero-order chi connectivity index (χ0) is 22.6. The third-order valence-corrected chi connectivity index (χ3v) is 5.66. The monoisotopic (exact) mass is 440 g/mol. The van der Waals surface area contributed by atoms with Gasteiger partial charge in [0.05, 0.1) is 30.2 Å². The number of rotatable bonds is 8. The molecule has 8 heteroatoms. The summed E-state index contributed by atoms with van der Waals surface area (Å²) in [6.07, 6.45) is 9.64.